The molecule has 0 aliphatic carbocycles. The van der Waals surface area contributed by atoms with Crippen molar-refractivity contribution < 1.29 is 5.11 Å². The van der Waals surface area contributed by atoms with E-state index in [4.69, 9.17) is 0 Å². The summed E-state index contributed by atoms with van der Waals surface area (Å²) in [5.74, 6) is 0.601. The molecule has 0 fully saturated rings. The molecule has 0 amide bonds. The molecule has 2 unspecified atom stereocenters. The van der Waals surface area contributed by atoms with Crippen molar-refractivity contribution in [2.24, 2.45) is 5.92 Å². The summed E-state index contributed by atoms with van der Waals surface area (Å²) in [4.78, 5) is 0. The first-order valence-electron chi connectivity index (χ1n) is 6.05. The van der Waals surface area contributed by atoms with Gasteiger partial charge in [-0.3, -0.25) is 0 Å². The summed E-state index contributed by atoms with van der Waals surface area (Å²) in [5.41, 5.74) is 1.19. The van der Waals surface area contributed by atoms with Gasteiger partial charge in [-0.05, 0) is 24.8 Å². The fourth-order valence-electron chi connectivity index (χ4n) is 1.52. The van der Waals surface area contributed by atoms with E-state index >= 15 is 0 Å². The standard InChI is InChI=1S/C14H23NO/c1-11(2)12(3)15-10-14(16)9-13-7-5-4-6-8-13/h4-8,11-12,14-16H,9-10H2,1-3H3. The lowest BCUT2D eigenvalue weighted by molar-refractivity contribution is 0.164. The van der Waals surface area contributed by atoms with Crippen LogP contribution < -0.4 is 5.32 Å². The van der Waals surface area contributed by atoms with Crippen LogP contribution in [0.1, 0.15) is 26.3 Å². The van der Waals surface area contributed by atoms with Crippen LogP contribution in [0.25, 0.3) is 0 Å². The van der Waals surface area contributed by atoms with Crippen LogP contribution in [0.4, 0.5) is 0 Å². The summed E-state index contributed by atoms with van der Waals surface area (Å²) >= 11 is 0. The van der Waals surface area contributed by atoms with Crippen LogP contribution in [0, 0.1) is 5.92 Å². The van der Waals surface area contributed by atoms with Crippen molar-refractivity contribution in [2.75, 3.05) is 6.54 Å². The molecule has 1 aromatic rings. The summed E-state index contributed by atoms with van der Waals surface area (Å²) in [7, 11) is 0. The predicted molar refractivity (Wildman–Crippen MR) is 68.5 cm³/mol. The van der Waals surface area contributed by atoms with E-state index in [-0.39, 0.29) is 6.10 Å². The molecule has 0 heterocycles. The van der Waals surface area contributed by atoms with Gasteiger partial charge in [0, 0.05) is 12.6 Å². The Morgan fingerprint density at radius 2 is 1.75 bits per heavy atom. The minimum atomic E-state index is -0.302. The Hall–Kier alpha value is -0.860. The van der Waals surface area contributed by atoms with Gasteiger partial charge in [0.2, 0.25) is 0 Å². The van der Waals surface area contributed by atoms with Crippen molar-refractivity contribution in [3.05, 3.63) is 35.9 Å². The Bertz CT molecular complexity index is 284. The van der Waals surface area contributed by atoms with Crippen molar-refractivity contribution in [2.45, 2.75) is 39.3 Å². The second-order valence-corrected chi connectivity index (χ2v) is 4.78. The molecule has 0 saturated heterocycles. The lowest BCUT2D eigenvalue weighted by Gasteiger charge is -2.20. The van der Waals surface area contributed by atoms with Crippen LogP contribution in [0.5, 0.6) is 0 Å². The van der Waals surface area contributed by atoms with Crippen LogP contribution in [0.2, 0.25) is 0 Å². The largest absolute Gasteiger partial charge is 0.391 e. The van der Waals surface area contributed by atoms with Gasteiger partial charge in [-0.25, -0.2) is 0 Å². The zero-order valence-corrected chi connectivity index (χ0v) is 10.5. The Balaban J connectivity index is 2.29. The van der Waals surface area contributed by atoms with E-state index in [1.807, 2.05) is 18.2 Å². The molecule has 0 bridgehead atoms. The van der Waals surface area contributed by atoms with Gasteiger partial charge in [0.25, 0.3) is 0 Å². The van der Waals surface area contributed by atoms with Crippen LogP contribution in [0.3, 0.4) is 0 Å². The van der Waals surface area contributed by atoms with Gasteiger partial charge in [0.05, 0.1) is 6.10 Å². The number of hydrogen-bond donors (Lipinski definition) is 2. The maximum atomic E-state index is 9.87. The molecule has 1 rings (SSSR count). The second kappa shape index (κ2) is 6.66. The molecule has 1 aromatic carbocycles. The fraction of sp³-hybridized carbons (Fsp3) is 0.571. The molecule has 2 N–H and O–H groups in total. The third-order valence-electron chi connectivity index (χ3n) is 2.99. The van der Waals surface area contributed by atoms with E-state index in [2.05, 4.69) is 38.2 Å². The molecular formula is C14H23NO. The van der Waals surface area contributed by atoms with Crippen LogP contribution in [-0.4, -0.2) is 23.8 Å². The van der Waals surface area contributed by atoms with Crippen molar-refractivity contribution >= 4 is 0 Å². The van der Waals surface area contributed by atoms with Gasteiger partial charge in [0.15, 0.2) is 0 Å². The number of aliphatic hydroxyl groups is 1. The van der Waals surface area contributed by atoms with Crippen molar-refractivity contribution in [3.8, 4) is 0 Å². The van der Waals surface area contributed by atoms with Crippen molar-refractivity contribution in [1.29, 1.82) is 0 Å². The van der Waals surface area contributed by atoms with Crippen LogP contribution >= 0.6 is 0 Å². The third kappa shape index (κ3) is 4.77. The molecule has 2 nitrogen and oxygen atoms in total. The minimum Gasteiger partial charge on any atom is -0.391 e. The summed E-state index contributed by atoms with van der Waals surface area (Å²) in [5, 5.41) is 13.2. The number of rotatable bonds is 6. The van der Waals surface area contributed by atoms with Gasteiger partial charge in [-0.1, -0.05) is 44.2 Å². The third-order valence-corrected chi connectivity index (χ3v) is 2.99. The van der Waals surface area contributed by atoms with Crippen LogP contribution in [-0.2, 0) is 6.42 Å². The van der Waals surface area contributed by atoms with E-state index in [0.29, 0.717) is 18.5 Å². The van der Waals surface area contributed by atoms with Gasteiger partial charge in [-0.15, -0.1) is 0 Å². The molecule has 2 heteroatoms. The highest BCUT2D eigenvalue weighted by Gasteiger charge is 2.09. The van der Waals surface area contributed by atoms with Gasteiger partial charge >= 0.3 is 0 Å². The normalized spacial score (nSPS) is 15.1. The average Bonchev–Trinajstić information content (AvgIpc) is 2.27. The molecular weight excluding hydrogens is 198 g/mol. The van der Waals surface area contributed by atoms with Crippen LogP contribution in [0.15, 0.2) is 30.3 Å². The predicted octanol–water partition coefficient (Wildman–Crippen LogP) is 2.22. The summed E-state index contributed by atoms with van der Waals surface area (Å²) in [6, 6.07) is 10.6. The zero-order valence-electron chi connectivity index (χ0n) is 10.5. The number of nitrogens with one attached hydrogen (secondary N) is 1. The molecule has 90 valence electrons. The van der Waals surface area contributed by atoms with Crippen molar-refractivity contribution in [3.63, 3.8) is 0 Å². The lowest BCUT2D eigenvalue weighted by Crippen LogP contribution is -2.37. The number of hydrogen-bond acceptors (Lipinski definition) is 2. The van der Waals surface area contributed by atoms with E-state index in [1.165, 1.54) is 5.56 Å². The highest BCUT2D eigenvalue weighted by Crippen LogP contribution is 2.04. The van der Waals surface area contributed by atoms with E-state index in [9.17, 15) is 5.11 Å². The van der Waals surface area contributed by atoms with Gasteiger partial charge in [0.1, 0.15) is 0 Å². The minimum absolute atomic E-state index is 0.302. The Labute approximate surface area is 98.7 Å². The monoisotopic (exact) mass is 221 g/mol. The molecule has 2 atom stereocenters. The van der Waals surface area contributed by atoms with E-state index in [1.54, 1.807) is 0 Å². The fourth-order valence-corrected chi connectivity index (χ4v) is 1.52. The summed E-state index contributed by atoms with van der Waals surface area (Å²) < 4.78 is 0. The van der Waals surface area contributed by atoms with Gasteiger partial charge < -0.3 is 10.4 Å². The quantitative estimate of drug-likeness (QED) is 0.772. The topological polar surface area (TPSA) is 32.3 Å². The second-order valence-electron chi connectivity index (χ2n) is 4.78. The molecule has 0 radical (unpaired) electrons. The molecule has 0 aromatic heterocycles. The molecule has 0 saturated carbocycles. The molecule has 0 spiro atoms. The zero-order chi connectivity index (χ0) is 12.0. The molecule has 0 aliphatic rings. The first-order chi connectivity index (χ1) is 7.59. The SMILES string of the molecule is CC(C)C(C)NCC(O)Cc1ccccc1. The first kappa shape index (κ1) is 13.2. The smallest absolute Gasteiger partial charge is 0.0704 e. The maximum Gasteiger partial charge on any atom is 0.0704 e. The maximum absolute atomic E-state index is 9.87. The van der Waals surface area contributed by atoms with Gasteiger partial charge in [-0.2, -0.15) is 0 Å². The summed E-state index contributed by atoms with van der Waals surface area (Å²) in [6.07, 6.45) is 0.419. The number of benzene rings is 1. The van der Waals surface area contributed by atoms with Crippen molar-refractivity contribution in [1.82, 2.24) is 5.32 Å². The Morgan fingerprint density at radius 1 is 1.12 bits per heavy atom. The molecule has 16 heavy (non-hydrogen) atoms. The first-order valence-corrected chi connectivity index (χ1v) is 6.05. The molecule has 0 aliphatic heterocycles. The highest BCUT2D eigenvalue weighted by molar-refractivity contribution is 5.15. The highest BCUT2D eigenvalue weighted by atomic mass is 16.3. The Kier molecular flexibility index (Phi) is 5.50. The number of aliphatic hydroxyl groups excluding tert-OH is 1. The average molecular weight is 221 g/mol. The Morgan fingerprint density at radius 3 is 2.31 bits per heavy atom. The van der Waals surface area contributed by atoms with E-state index < -0.39 is 0 Å². The van der Waals surface area contributed by atoms with E-state index in [0.717, 1.165) is 6.42 Å². The summed E-state index contributed by atoms with van der Waals surface area (Å²) in [6.45, 7) is 7.18. The lowest BCUT2D eigenvalue weighted by atomic mass is 10.0.